The fourth-order valence-corrected chi connectivity index (χ4v) is 1.87. The Labute approximate surface area is 141 Å². The van der Waals surface area contributed by atoms with Gasteiger partial charge in [0.15, 0.2) is 23.6 Å². The number of rotatable bonds is 5. The summed E-state index contributed by atoms with van der Waals surface area (Å²) in [6.45, 7) is 1.26. The lowest BCUT2D eigenvalue weighted by Crippen LogP contribution is -2.30. The Balaban J connectivity index is 2.02. The lowest BCUT2D eigenvalue weighted by atomic mass is 10.2. The third-order valence-electron chi connectivity index (χ3n) is 3.27. The Morgan fingerprint density at radius 2 is 1.64 bits per heavy atom. The van der Waals surface area contributed by atoms with Gasteiger partial charge in [-0.05, 0) is 43.3 Å². The van der Waals surface area contributed by atoms with Crippen molar-refractivity contribution >= 4 is 17.6 Å². The second kappa shape index (κ2) is 7.69. The summed E-state index contributed by atoms with van der Waals surface area (Å²) in [4.78, 5) is 23.9. The minimum absolute atomic E-state index is 0.180. The average molecular weight is 353 g/mol. The molecule has 132 valence electrons. The molecule has 1 N–H and O–H groups in total. The monoisotopic (exact) mass is 353 g/mol. The SMILES string of the molecule is COc1ccc(C(=O)O[C@@H](C)C(=O)Nc2ccc(F)c(F)c2F)cc1. The average Bonchev–Trinajstić information content (AvgIpc) is 2.62. The number of hydrogen-bond acceptors (Lipinski definition) is 4. The zero-order valence-corrected chi connectivity index (χ0v) is 13.3. The van der Waals surface area contributed by atoms with Crippen LogP contribution in [0, 0.1) is 17.5 Å². The van der Waals surface area contributed by atoms with Gasteiger partial charge in [0.2, 0.25) is 0 Å². The highest BCUT2D eigenvalue weighted by atomic mass is 19.2. The molecule has 1 amide bonds. The maximum atomic E-state index is 13.5. The van der Waals surface area contributed by atoms with E-state index in [4.69, 9.17) is 9.47 Å². The summed E-state index contributed by atoms with van der Waals surface area (Å²) in [6, 6.07) is 7.50. The molecule has 0 aliphatic heterocycles. The molecule has 0 radical (unpaired) electrons. The molecule has 2 rings (SSSR count). The Morgan fingerprint density at radius 1 is 1.00 bits per heavy atom. The van der Waals surface area contributed by atoms with Crippen LogP contribution in [0.5, 0.6) is 5.75 Å². The van der Waals surface area contributed by atoms with Gasteiger partial charge >= 0.3 is 5.97 Å². The van der Waals surface area contributed by atoms with Gasteiger partial charge in [-0.2, -0.15) is 0 Å². The summed E-state index contributed by atoms with van der Waals surface area (Å²) in [5.74, 6) is -5.77. The molecular formula is C17H14F3NO4. The van der Waals surface area contributed by atoms with Crippen LogP contribution in [0.25, 0.3) is 0 Å². The van der Waals surface area contributed by atoms with E-state index in [2.05, 4.69) is 0 Å². The van der Waals surface area contributed by atoms with Crippen molar-refractivity contribution in [3.05, 3.63) is 59.4 Å². The molecule has 2 aromatic rings. The van der Waals surface area contributed by atoms with Crippen LogP contribution >= 0.6 is 0 Å². The first-order valence-electron chi connectivity index (χ1n) is 7.13. The zero-order chi connectivity index (χ0) is 18.6. The largest absolute Gasteiger partial charge is 0.497 e. The second-order valence-corrected chi connectivity index (χ2v) is 4.99. The van der Waals surface area contributed by atoms with E-state index < -0.39 is 41.1 Å². The number of esters is 1. The summed E-state index contributed by atoms with van der Waals surface area (Å²) in [5, 5.41) is 2.04. The van der Waals surface area contributed by atoms with Gasteiger partial charge in [-0.25, -0.2) is 18.0 Å². The van der Waals surface area contributed by atoms with Crippen molar-refractivity contribution in [1.29, 1.82) is 0 Å². The highest BCUT2D eigenvalue weighted by molar-refractivity contribution is 5.97. The van der Waals surface area contributed by atoms with E-state index >= 15 is 0 Å². The van der Waals surface area contributed by atoms with Gasteiger partial charge in [-0.15, -0.1) is 0 Å². The summed E-state index contributed by atoms with van der Waals surface area (Å²) in [7, 11) is 1.47. The molecule has 8 heteroatoms. The molecule has 0 fully saturated rings. The van der Waals surface area contributed by atoms with E-state index in [1.165, 1.54) is 38.3 Å². The van der Waals surface area contributed by atoms with Gasteiger partial charge in [0, 0.05) is 0 Å². The van der Waals surface area contributed by atoms with Crippen molar-refractivity contribution in [2.24, 2.45) is 0 Å². The molecule has 1 atom stereocenters. The first-order chi connectivity index (χ1) is 11.8. The van der Waals surface area contributed by atoms with E-state index in [1.807, 2.05) is 5.32 Å². The van der Waals surface area contributed by atoms with E-state index in [-0.39, 0.29) is 5.56 Å². The van der Waals surface area contributed by atoms with Gasteiger partial charge < -0.3 is 14.8 Å². The van der Waals surface area contributed by atoms with E-state index in [9.17, 15) is 22.8 Å². The number of nitrogens with one attached hydrogen (secondary N) is 1. The van der Waals surface area contributed by atoms with Crippen molar-refractivity contribution in [3.8, 4) is 5.75 Å². The van der Waals surface area contributed by atoms with E-state index in [0.29, 0.717) is 11.8 Å². The molecule has 5 nitrogen and oxygen atoms in total. The van der Waals surface area contributed by atoms with Crippen LogP contribution < -0.4 is 10.1 Å². The Bertz CT molecular complexity index is 793. The molecule has 0 bridgehead atoms. The first-order valence-corrected chi connectivity index (χ1v) is 7.13. The molecule has 0 saturated carbocycles. The molecule has 0 heterocycles. The van der Waals surface area contributed by atoms with Gasteiger partial charge in [0.25, 0.3) is 5.91 Å². The number of anilines is 1. The predicted molar refractivity (Wildman–Crippen MR) is 82.8 cm³/mol. The summed E-state index contributed by atoms with van der Waals surface area (Å²) in [5.41, 5.74) is -0.379. The van der Waals surface area contributed by atoms with Crippen molar-refractivity contribution in [2.75, 3.05) is 12.4 Å². The number of methoxy groups -OCH3 is 1. The molecule has 0 aliphatic rings. The number of carbonyl (C=O) groups is 2. The summed E-state index contributed by atoms with van der Waals surface area (Å²) in [6.07, 6.45) is -1.29. The third-order valence-corrected chi connectivity index (χ3v) is 3.27. The lowest BCUT2D eigenvalue weighted by Gasteiger charge is -2.14. The Hall–Kier alpha value is -3.03. The fraction of sp³-hybridized carbons (Fsp3) is 0.176. The zero-order valence-electron chi connectivity index (χ0n) is 13.3. The number of hydrogen-bond donors (Lipinski definition) is 1. The van der Waals surface area contributed by atoms with Gasteiger partial charge in [-0.1, -0.05) is 0 Å². The smallest absolute Gasteiger partial charge is 0.338 e. The second-order valence-electron chi connectivity index (χ2n) is 4.99. The Kier molecular flexibility index (Phi) is 5.63. The van der Waals surface area contributed by atoms with Crippen LogP contribution in [0.15, 0.2) is 36.4 Å². The van der Waals surface area contributed by atoms with Crippen molar-refractivity contribution in [3.63, 3.8) is 0 Å². The predicted octanol–water partition coefficient (Wildman–Crippen LogP) is 3.30. The van der Waals surface area contributed by atoms with Crippen molar-refractivity contribution in [2.45, 2.75) is 13.0 Å². The fourth-order valence-electron chi connectivity index (χ4n) is 1.87. The van der Waals surface area contributed by atoms with Crippen molar-refractivity contribution in [1.82, 2.24) is 0 Å². The highest BCUT2D eigenvalue weighted by Gasteiger charge is 2.22. The molecule has 0 saturated heterocycles. The van der Waals surface area contributed by atoms with Crippen LogP contribution in [0.1, 0.15) is 17.3 Å². The molecular weight excluding hydrogens is 339 g/mol. The third kappa shape index (κ3) is 4.28. The summed E-state index contributed by atoms with van der Waals surface area (Å²) < 4.78 is 49.4. The summed E-state index contributed by atoms with van der Waals surface area (Å²) >= 11 is 0. The van der Waals surface area contributed by atoms with Crippen molar-refractivity contribution < 1.29 is 32.2 Å². The van der Waals surface area contributed by atoms with Crippen LogP contribution in [0.2, 0.25) is 0 Å². The number of benzene rings is 2. The molecule has 0 aromatic heterocycles. The first kappa shape index (κ1) is 18.3. The van der Waals surface area contributed by atoms with Gasteiger partial charge in [0.1, 0.15) is 5.75 Å². The Morgan fingerprint density at radius 3 is 2.24 bits per heavy atom. The highest BCUT2D eigenvalue weighted by Crippen LogP contribution is 2.20. The minimum Gasteiger partial charge on any atom is -0.497 e. The topological polar surface area (TPSA) is 64.6 Å². The van der Waals surface area contributed by atoms with Gasteiger partial charge in [-0.3, -0.25) is 4.79 Å². The van der Waals surface area contributed by atoms with Crippen LogP contribution in [-0.4, -0.2) is 25.1 Å². The molecule has 2 aromatic carbocycles. The number of ether oxygens (including phenoxy) is 2. The maximum Gasteiger partial charge on any atom is 0.338 e. The van der Waals surface area contributed by atoms with Crippen LogP contribution in [-0.2, 0) is 9.53 Å². The van der Waals surface area contributed by atoms with Gasteiger partial charge in [0.05, 0.1) is 18.4 Å². The number of amides is 1. The quantitative estimate of drug-likeness (QED) is 0.662. The molecule has 0 spiro atoms. The minimum atomic E-state index is -1.71. The molecule has 25 heavy (non-hydrogen) atoms. The number of carbonyl (C=O) groups excluding carboxylic acids is 2. The maximum absolute atomic E-state index is 13.5. The normalized spacial score (nSPS) is 11.6. The van der Waals surface area contributed by atoms with E-state index in [0.717, 1.165) is 6.07 Å². The van der Waals surface area contributed by atoms with E-state index in [1.54, 1.807) is 0 Å². The molecule has 0 unspecified atom stereocenters. The van der Waals surface area contributed by atoms with Crippen LogP contribution in [0.3, 0.4) is 0 Å². The number of halogens is 3. The van der Waals surface area contributed by atoms with Crippen LogP contribution in [0.4, 0.5) is 18.9 Å². The lowest BCUT2D eigenvalue weighted by molar-refractivity contribution is -0.123. The molecule has 0 aliphatic carbocycles. The standard InChI is InChI=1S/C17H14F3NO4/c1-9(25-17(23)10-3-5-11(24-2)6-4-10)16(22)21-13-8-7-12(18)14(19)15(13)20/h3-9H,1-2H3,(H,21,22)/t9-/m0/s1.